The first-order valence-electron chi connectivity index (χ1n) is 6.77. The Kier molecular flexibility index (Phi) is 4.61. The molecule has 1 saturated heterocycles. The largest absolute Gasteiger partial charge is 0.380 e. The molecular formula is C14H30N2O. The van der Waals surface area contributed by atoms with Gasteiger partial charge in [0.2, 0.25) is 0 Å². The zero-order valence-electron chi connectivity index (χ0n) is 12.6. The first-order chi connectivity index (χ1) is 7.77. The molecule has 2 unspecified atom stereocenters. The molecule has 1 rings (SSSR count). The van der Waals surface area contributed by atoms with Crippen LogP contribution in [-0.2, 0) is 4.74 Å². The van der Waals surface area contributed by atoms with Crippen LogP contribution in [0.3, 0.4) is 0 Å². The summed E-state index contributed by atoms with van der Waals surface area (Å²) in [5, 5.41) is 3.66. The molecule has 0 bridgehead atoms. The van der Waals surface area contributed by atoms with Gasteiger partial charge in [-0.3, -0.25) is 4.90 Å². The molecule has 1 N–H and O–H groups in total. The second kappa shape index (κ2) is 5.25. The highest BCUT2D eigenvalue weighted by molar-refractivity contribution is 5.07. The van der Waals surface area contributed by atoms with E-state index in [9.17, 15) is 0 Å². The van der Waals surface area contributed by atoms with Crippen molar-refractivity contribution >= 4 is 0 Å². The molecule has 0 radical (unpaired) electrons. The Balaban J connectivity index is 2.92. The fourth-order valence-corrected chi connectivity index (χ4v) is 3.09. The first kappa shape index (κ1) is 14.9. The molecule has 0 spiro atoms. The predicted molar refractivity (Wildman–Crippen MR) is 73.4 cm³/mol. The van der Waals surface area contributed by atoms with Gasteiger partial charge in [0.15, 0.2) is 0 Å². The van der Waals surface area contributed by atoms with Crippen LogP contribution in [0, 0.1) is 0 Å². The van der Waals surface area contributed by atoms with Crippen LogP contribution in [0.25, 0.3) is 0 Å². The van der Waals surface area contributed by atoms with Gasteiger partial charge in [-0.25, -0.2) is 0 Å². The Morgan fingerprint density at radius 2 is 1.88 bits per heavy atom. The van der Waals surface area contributed by atoms with E-state index < -0.39 is 0 Å². The van der Waals surface area contributed by atoms with E-state index >= 15 is 0 Å². The Bertz CT molecular complexity index is 251. The molecule has 0 amide bonds. The summed E-state index contributed by atoms with van der Waals surface area (Å²) in [5.74, 6) is 0. The predicted octanol–water partition coefficient (Wildman–Crippen LogP) is 2.26. The Morgan fingerprint density at radius 1 is 1.29 bits per heavy atom. The van der Waals surface area contributed by atoms with Gasteiger partial charge in [-0.05, 0) is 54.1 Å². The van der Waals surface area contributed by atoms with Crippen molar-refractivity contribution in [2.45, 2.75) is 70.7 Å². The number of nitrogens with one attached hydrogen (secondary N) is 1. The summed E-state index contributed by atoms with van der Waals surface area (Å²) in [6, 6.07) is 0.394. The Hall–Kier alpha value is -0.120. The zero-order chi connectivity index (χ0) is 13.3. The Morgan fingerprint density at radius 3 is 2.35 bits per heavy atom. The van der Waals surface area contributed by atoms with E-state index in [0.717, 1.165) is 19.4 Å². The Labute approximate surface area is 107 Å². The van der Waals surface area contributed by atoms with E-state index in [4.69, 9.17) is 4.74 Å². The van der Waals surface area contributed by atoms with Crippen LogP contribution >= 0.6 is 0 Å². The van der Waals surface area contributed by atoms with Crippen molar-refractivity contribution in [3.05, 3.63) is 0 Å². The molecule has 0 aromatic carbocycles. The molecule has 0 saturated carbocycles. The SMILES string of the molecule is CCCNC1C(OC)CC(C)(C)N(C)C1(C)C. The number of methoxy groups -OCH3 is 1. The minimum Gasteiger partial charge on any atom is -0.380 e. The van der Waals surface area contributed by atoms with E-state index in [0.29, 0.717) is 12.1 Å². The maximum atomic E-state index is 5.73. The molecule has 0 aliphatic carbocycles. The second-order valence-corrected chi connectivity index (χ2v) is 6.44. The molecular weight excluding hydrogens is 212 g/mol. The fraction of sp³-hybridized carbons (Fsp3) is 1.00. The van der Waals surface area contributed by atoms with Crippen molar-refractivity contribution in [3.8, 4) is 0 Å². The summed E-state index contributed by atoms with van der Waals surface area (Å²) in [7, 11) is 4.06. The van der Waals surface area contributed by atoms with Crippen molar-refractivity contribution in [3.63, 3.8) is 0 Å². The van der Waals surface area contributed by atoms with Crippen LogP contribution in [-0.4, -0.2) is 48.8 Å². The smallest absolute Gasteiger partial charge is 0.0759 e. The molecule has 0 aromatic heterocycles. The maximum Gasteiger partial charge on any atom is 0.0759 e. The standard InChI is InChI=1S/C14H30N2O/c1-8-9-15-12-11(17-7)10-13(2,3)16(6)14(12,4)5/h11-12,15H,8-10H2,1-7H3. The molecule has 1 heterocycles. The van der Waals surface area contributed by atoms with Gasteiger partial charge in [0.05, 0.1) is 12.1 Å². The lowest BCUT2D eigenvalue weighted by atomic mass is 9.75. The summed E-state index contributed by atoms with van der Waals surface area (Å²) in [6.07, 6.45) is 2.53. The van der Waals surface area contributed by atoms with Crippen molar-refractivity contribution < 1.29 is 4.74 Å². The number of rotatable bonds is 4. The summed E-state index contributed by atoms with van der Waals surface area (Å²) < 4.78 is 5.73. The highest BCUT2D eigenvalue weighted by Gasteiger charge is 2.49. The number of piperidine rings is 1. The summed E-state index contributed by atoms with van der Waals surface area (Å²) >= 11 is 0. The number of hydrogen-bond donors (Lipinski definition) is 1. The molecule has 102 valence electrons. The van der Waals surface area contributed by atoms with Crippen LogP contribution in [0.15, 0.2) is 0 Å². The average molecular weight is 242 g/mol. The minimum absolute atomic E-state index is 0.109. The number of likely N-dealkylation sites (tertiary alicyclic amines) is 1. The molecule has 3 nitrogen and oxygen atoms in total. The second-order valence-electron chi connectivity index (χ2n) is 6.44. The van der Waals surface area contributed by atoms with E-state index in [1.807, 2.05) is 7.11 Å². The van der Waals surface area contributed by atoms with Crippen LogP contribution in [0.4, 0.5) is 0 Å². The van der Waals surface area contributed by atoms with Gasteiger partial charge in [-0.1, -0.05) is 6.92 Å². The quantitative estimate of drug-likeness (QED) is 0.818. The molecule has 1 aliphatic heterocycles. The van der Waals surface area contributed by atoms with Crippen LogP contribution < -0.4 is 5.32 Å². The van der Waals surface area contributed by atoms with Crippen LogP contribution in [0.2, 0.25) is 0 Å². The monoisotopic (exact) mass is 242 g/mol. The normalized spacial score (nSPS) is 32.6. The number of ether oxygens (including phenoxy) is 1. The van der Waals surface area contributed by atoms with Crippen LogP contribution in [0.1, 0.15) is 47.5 Å². The van der Waals surface area contributed by atoms with E-state index in [1.54, 1.807) is 0 Å². The minimum atomic E-state index is 0.109. The van der Waals surface area contributed by atoms with E-state index in [1.165, 1.54) is 0 Å². The van der Waals surface area contributed by atoms with Crippen molar-refractivity contribution in [2.75, 3.05) is 20.7 Å². The van der Waals surface area contributed by atoms with E-state index in [-0.39, 0.29) is 11.1 Å². The third kappa shape index (κ3) is 2.83. The number of hydrogen-bond acceptors (Lipinski definition) is 3. The lowest BCUT2D eigenvalue weighted by Gasteiger charge is -2.57. The van der Waals surface area contributed by atoms with Crippen molar-refractivity contribution in [1.29, 1.82) is 0 Å². The lowest BCUT2D eigenvalue weighted by Crippen LogP contribution is -2.71. The van der Waals surface area contributed by atoms with Crippen LogP contribution in [0.5, 0.6) is 0 Å². The van der Waals surface area contributed by atoms with Crippen molar-refractivity contribution in [1.82, 2.24) is 10.2 Å². The van der Waals surface area contributed by atoms with Gasteiger partial charge in [0, 0.05) is 18.2 Å². The van der Waals surface area contributed by atoms with Gasteiger partial charge < -0.3 is 10.1 Å². The average Bonchev–Trinajstić information content (AvgIpc) is 2.24. The first-order valence-corrected chi connectivity index (χ1v) is 6.77. The molecule has 17 heavy (non-hydrogen) atoms. The van der Waals surface area contributed by atoms with Gasteiger partial charge in [-0.2, -0.15) is 0 Å². The lowest BCUT2D eigenvalue weighted by molar-refractivity contribution is -0.104. The summed E-state index contributed by atoms with van der Waals surface area (Å²) in [6.45, 7) is 12.5. The number of likely N-dealkylation sites (N-methyl/N-ethyl adjacent to an activating group) is 1. The fourth-order valence-electron chi connectivity index (χ4n) is 3.09. The third-order valence-electron chi connectivity index (χ3n) is 4.52. The maximum absolute atomic E-state index is 5.73. The van der Waals surface area contributed by atoms with E-state index in [2.05, 4.69) is 51.9 Å². The highest BCUT2D eigenvalue weighted by atomic mass is 16.5. The number of nitrogens with zero attached hydrogens (tertiary/aromatic N) is 1. The topological polar surface area (TPSA) is 24.5 Å². The molecule has 0 aromatic rings. The zero-order valence-corrected chi connectivity index (χ0v) is 12.6. The molecule has 1 aliphatic rings. The van der Waals surface area contributed by atoms with Crippen molar-refractivity contribution in [2.24, 2.45) is 0 Å². The molecule has 1 fully saturated rings. The molecule has 2 atom stereocenters. The third-order valence-corrected chi connectivity index (χ3v) is 4.52. The summed E-state index contributed by atoms with van der Waals surface area (Å²) in [5.41, 5.74) is 0.298. The van der Waals surface area contributed by atoms with Gasteiger partial charge in [0.25, 0.3) is 0 Å². The molecule has 3 heteroatoms. The van der Waals surface area contributed by atoms with Gasteiger partial charge in [0.1, 0.15) is 0 Å². The van der Waals surface area contributed by atoms with Gasteiger partial charge in [-0.15, -0.1) is 0 Å². The van der Waals surface area contributed by atoms with Gasteiger partial charge >= 0.3 is 0 Å². The highest BCUT2D eigenvalue weighted by Crippen LogP contribution is 2.38. The summed E-state index contributed by atoms with van der Waals surface area (Å²) in [4.78, 5) is 2.49.